The van der Waals surface area contributed by atoms with Gasteiger partial charge in [0.2, 0.25) is 0 Å². The molecule has 0 spiro atoms. The van der Waals surface area contributed by atoms with Gasteiger partial charge in [0.25, 0.3) is 0 Å². The molecule has 0 aromatic heterocycles. The minimum Gasteiger partial charge on any atom is -0.487 e. The summed E-state index contributed by atoms with van der Waals surface area (Å²) in [5, 5.41) is 14.5. The van der Waals surface area contributed by atoms with Crippen LogP contribution in [0.4, 0.5) is 14.9 Å². The number of halogens is 1. The molecule has 0 saturated carbocycles. The molecule has 1 amide bonds. The molecule has 0 unspecified atom stereocenters. The van der Waals surface area contributed by atoms with Gasteiger partial charge < -0.3 is 25.2 Å². The van der Waals surface area contributed by atoms with Gasteiger partial charge in [-0.25, -0.2) is 9.18 Å². The van der Waals surface area contributed by atoms with E-state index in [1.807, 2.05) is 30.3 Å². The van der Waals surface area contributed by atoms with Crippen molar-refractivity contribution in [1.29, 1.82) is 0 Å². The number of alkyl carbamates (subject to hydrolysis) is 1. The summed E-state index contributed by atoms with van der Waals surface area (Å²) < 4.78 is 26.6. The number of hydrogen-bond donors (Lipinski definition) is 3. The quantitative estimate of drug-likeness (QED) is 0.560. The van der Waals surface area contributed by atoms with Crippen LogP contribution in [0.3, 0.4) is 0 Å². The fourth-order valence-electron chi connectivity index (χ4n) is 3.21. The zero-order valence-corrected chi connectivity index (χ0v) is 19.1. The number of benzene rings is 2. The molecule has 0 saturated heterocycles. The van der Waals surface area contributed by atoms with E-state index in [4.69, 9.17) is 14.6 Å². The highest BCUT2D eigenvalue weighted by atomic mass is 32.2. The van der Waals surface area contributed by atoms with Crippen molar-refractivity contribution in [3.05, 3.63) is 53.3 Å². The number of ether oxygens (including phenoxy) is 2. The lowest BCUT2D eigenvalue weighted by molar-refractivity contribution is -0.134. The first-order valence-corrected chi connectivity index (χ1v) is 11.2. The molecule has 3 rings (SSSR count). The molecule has 0 bridgehead atoms. The summed E-state index contributed by atoms with van der Waals surface area (Å²) in [7, 11) is 0. The predicted molar refractivity (Wildman–Crippen MR) is 121 cm³/mol. The normalized spacial score (nSPS) is 15.4. The number of aliphatic carboxylic acids is 1. The maximum absolute atomic E-state index is 15.5. The van der Waals surface area contributed by atoms with Crippen LogP contribution in [0.5, 0.6) is 5.75 Å². The van der Waals surface area contributed by atoms with Gasteiger partial charge in [-0.3, -0.25) is 4.79 Å². The Morgan fingerprint density at radius 3 is 2.62 bits per heavy atom. The Bertz CT molecular complexity index is 979. The third kappa shape index (κ3) is 6.53. The van der Waals surface area contributed by atoms with Crippen LogP contribution in [0.2, 0.25) is 0 Å². The van der Waals surface area contributed by atoms with E-state index in [0.717, 1.165) is 5.56 Å². The summed E-state index contributed by atoms with van der Waals surface area (Å²) in [5.41, 5.74) is 0.681. The van der Waals surface area contributed by atoms with Gasteiger partial charge in [0, 0.05) is 22.3 Å². The Hall–Kier alpha value is -2.94. The molecular formula is C23H27FN2O5S. The number of anilines is 1. The van der Waals surface area contributed by atoms with Crippen LogP contribution >= 0.6 is 11.8 Å². The average Bonchev–Trinajstić information content (AvgIpc) is 2.71. The van der Waals surface area contributed by atoms with Gasteiger partial charge in [0.05, 0.1) is 0 Å². The first-order chi connectivity index (χ1) is 15.1. The molecule has 7 nitrogen and oxygen atoms in total. The van der Waals surface area contributed by atoms with E-state index < -0.39 is 30.0 Å². The molecule has 2 aromatic rings. The highest BCUT2D eigenvalue weighted by molar-refractivity contribution is 7.99. The Morgan fingerprint density at radius 1 is 1.25 bits per heavy atom. The summed E-state index contributed by atoms with van der Waals surface area (Å²) >= 11 is 1.41. The Labute approximate surface area is 190 Å². The largest absolute Gasteiger partial charge is 0.487 e. The van der Waals surface area contributed by atoms with Crippen LogP contribution in [0.1, 0.15) is 31.9 Å². The lowest BCUT2D eigenvalue weighted by Gasteiger charge is -2.28. The van der Waals surface area contributed by atoms with E-state index in [2.05, 4.69) is 10.6 Å². The number of rotatable bonds is 7. The van der Waals surface area contributed by atoms with Crippen molar-refractivity contribution in [2.45, 2.75) is 50.3 Å². The van der Waals surface area contributed by atoms with Crippen molar-refractivity contribution in [1.82, 2.24) is 5.32 Å². The van der Waals surface area contributed by atoms with Crippen molar-refractivity contribution in [2.75, 3.05) is 17.6 Å². The average molecular weight is 463 g/mol. The minimum atomic E-state index is -1.12. The molecule has 1 aliphatic heterocycles. The fraction of sp³-hybridized carbons (Fsp3) is 0.391. The number of carboxylic acids is 1. The van der Waals surface area contributed by atoms with Crippen LogP contribution in [-0.4, -0.2) is 41.1 Å². The lowest BCUT2D eigenvalue weighted by Crippen LogP contribution is -2.42. The zero-order chi connectivity index (χ0) is 23.3. The molecule has 0 aliphatic carbocycles. The topological polar surface area (TPSA) is 96.9 Å². The highest BCUT2D eigenvalue weighted by Gasteiger charge is 2.29. The maximum atomic E-state index is 15.5. The molecule has 2 aromatic carbocycles. The second-order valence-corrected chi connectivity index (χ2v) is 9.48. The van der Waals surface area contributed by atoms with E-state index in [1.165, 1.54) is 11.8 Å². The Kier molecular flexibility index (Phi) is 7.50. The van der Waals surface area contributed by atoms with Gasteiger partial charge in [0.1, 0.15) is 30.2 Å². The smallest absolute Gasteiger partial charge is 0.407 e. The lowest BCUT2D eigenvalue weighted by atomic mass is 10.0. The molecule has 172 valence electrons. The standard InChI is InChI=1S/C23H27FN2O5S/c1-23(2,3)31-22(29)26-15-9-16-18(32-13-15)10-17(21(20(16)24)25-11-19(27)28)30-12-14-7-5-4-6-8-14/h4-8,10,15,25H,9,11-13H2,1-3H3,(H,26,29)(H,27,28)/t15-/m0/s1. The molecule has 1 heterocycles. The maximum Gasteiger partial charge on any atom is 0.407 e. The third-order valence-corrected chi connectivity index (χ3v) is 5.80. The molecule has 9 heteroatoms. The van der Waals surface area contributed by atoms with Crippen molar-refractivity contribution in [3.63, 3.8) is 0 Å². The van der Waals surface area contributed by atoms with Crippen molar-refractivity contribution in [3.8, 4) is 5.75 Å². The fourth-order valence-corrected chi connectivity index (χ4v) is 4.32. The summed E-state index contributed by atoms with van der Waals surface area (Å²) in [6.45, 7) is 5.08. The molecule has 1 atom stereocenters. The van der Waals surface area contributed by atoms with E-state index >= 15 is 4.39 Å². The molecule has 3 N–H and O–H groups in total. The Morgan fingerprint density at radius 2 is 1.97 bits per heavy atom. The van der Waals surface area contributed by atoms with Gasteiger partial charge in [-0.2, -0.15) is 0 Å². The number of amides is 1. The molecule has 0 fully saturated rings. The summed E-state index contributed by atoms with van der Waals surface area (Å²) in [4.78, 5) is 23.9. The zero-order valence-electron chi connectivity index (χ0n) is 18.2. The predicted octanol–water partition coefficient (Wildman–Crippen LogP) is 4.44. The van der Waals surface area contributed by atoms with E-state index in [-0.39, 0.29) is 30.5 Å². The first-order valence-electron chi connectivity index (χ1n) is 10.2. The van der Waals surface area contributed by atoms with Gasteiger partial charge in [-0.05, 0) is 38.8 Å². The number of nitrogens with one attached hydrogen (secondary N) is 2. The van der Waals surface area contributed by atoms with Crippen LogP contribution in [-0.2, 0) is 22.6 Å². The first kappa shape index (κ1) is 23.7. The van der Waals surface area contributed by atoms with E-state index in [9.17, 15) is 9.59 Å². The van der Waals surface area contributed by atoms with Crippen molar-refractivity contribution >= 4 is 29.5 Å². The Balaban J connectivity index is 1.81. The van der Waals surface area contributed by atoms with E-state index in [1.54, 1.807) is 26.8 Å². The summed E-state index contributed by atoms with van der Waals surface area (Å²) in [6.07, 6.45) is -0.298. The monoisotopic (exact) mass is 462 g/mol. The molecule has 1 aliphatic rings. The number of thioether (sulfide) groups is 1. The second kappa shape index (κ2) is 10.1. The van der Waals surface area contributed by atoms with Gasteiger partial charge >= 0.3 is 12.1 Å². The third-order valence-electron chi connectivity index (χ3n) is 4.56. The van der Waals surface area contributed by atoms with Gasteiger partial charge in [-0.15, -0.1) is 11.8 Å². The van der Waals surface area contributed by atoms with Crippen molar-refractivity contribution < 1.29 is 28.6 Å². The van der Waals surface area contributed by atoms with Crippen LogP contribution < -0.4 is 15.4 Å². The van der Waals surface area contributed by atoms with Crippen LogP contribution in [0.15, 0.2) is 41.3 Å². The van der Waals surface area contributed by atoms with Gasteiger partial charge in [-0.1, -0.05) is 30.3 Å². The van der Waals surface area contributed by atoms with Gasteiger partial charge in [0.15, 0.2) is 5.82 Å². The number of carbonyl (C=O) groups excluding carboxylic acids is 1. The van der Waals surface area contributed by atoms with Crippen molar-refractivity contribution in [2.24, 2.45) is 0 Å². The number of carboxylic acid groups (broad SMARTS) is 1. The second-order valence-electron chi connectivity index (χ2n) is 8.42. The number of fused-ring (bicyclic) bond motifs is 1. The van der Waals surface area contributed by atoms with Crippen LogP contribution in [0.25, 0.3) is 0 Å². The number of carbonyl (C=O) groups is 2. The van der Waals surface area contributed by atoms with Crippen LogP contribution in [0, 0.1) is 5.82 Å². The highest BCUT2D eigenvalue weighted by Crippen LogP contribution is 2.41. The minimum absolute atomic E-state index is 0.000555. The molecular weight excluding hydrogens is 435 g/mol. The molecule has 32 heavy (non-hydrogen) atoms. The van der Waals surface area contributed by atoms with E-state index in [0.29, 0.717) is 16.2 Å². The number of hydrogen-bond acceptors (Lipinski definition) is 6. The summed E-state index contributed by atoms with van der Waals surface area (Å²) in [6, 6.07) is 10.8. The SMILES string of the molecule is CC(C)(C)OC(=O)N[C@@H]1CSc2cc(OCc3ccccc3)c(NCC(=O)O)c(F)c2C1. The summed E-state index contributed by atoms with van der Waals surface area (Å²) in [5.74, 6) is -0.895. The molecule has 0 radical (unpaired) electrons.